The van der Waals surface area contributed by atoms with Crippen molar-refractivity contribution in [3.8, 4) is 11.3 Å². The second-order valence-corrected chi connectivity index (χ2v) is 3.94. The number of nitrogens with zero attached hydrogens (tertiary/aromatic N) is 1. The lowest BCUT2D eigenvalue weighted by Crippen LogP contribution is -1.84. The zero-order valence-electron chi connectivity index (χ0n) is 7.62. The van der Waals surface area contributed by atoms with Crippen molar-refractivity contribution in [3.05, 3.63) is 34.3 Å². The number of hydrogen-bond acceptors (Lipinski definition) is 3. The molecule has 0 aliphatic heterocycles. The predicted molar refractivity (Wildman–Crippen MR) is 58.8 cm³/mol. The number of benzene rings is 1. The van der Waals surface area contributed by atoms with Gasteiger partial charge in [-0.15, -0.1) is 0 Å². The fraction of sp³-hybridized carbons (Fsp3) is 0.100. The smallest absolute Gasteiger partial charge is 0.225 e. The van der Waals surface area contributed by atoms with E-state index in [1.54, 1.807) is 0 Å². The molecule has 0 saturated carbocycles. The maximum absolute atomic E-state index is 5.57. The molecule has 0 unspecified atom stereocenters. The van der Waals surface area contributed by atoms with E-state index in [9.17, 15) is 0 Å². The minimum Gasteiger partial charge on any atom is -0.367 e. The fourth-order valence-electron chi connectivity index (χ4n) is 1.23. The van der Waals surface area contributed by atoms with Gasteiger partial charge in [0.1, 0.15) is 5.69 Å². The van der Waals surface area contributed by atoms with E-state index in [-0.39, 0.29) is 0 Å². The van der Waals surface area contributed by atoms with Gasteiger partial charge in [-0.05, 0) is 19.1 Å². The highest BCUT2D eigenvalue weighted by Gasteiger charge is 2.10. The van der Waals surface area contributed by atoms with Crippen LogP contribution < -0.4 is 5.73 Å². The van der Waals surface area contributed by atoms with Crippen molar-refractivity contribution >= 4 is 21.8 Å². The van der Waals surface area contributed by atoms with Crippen molar-refractivity contribution in [1.29, 1.82) is 0 Å². The molecule has 4 heteroatoms. The van der Waals surface area contributed by atoms with Crippen LogP contribution in [0.1, 0.15) is 5.56 Å². The van der Waals surface area contributed by atoms with Crippen LogP contribution in [0.3, 0.4) is 0 Å². The Labute approximate surface area is 90.0 Å². The molecular formula is C10H9BrN2O. The number of hydrogen-bond donors (Lipinski definition) is 1. The van der Waals surface area contributed by atoms with Crippen LogP contribution in [0.5, 0.6) is 0 Å². The first-order valence-electron chi connectivity index (χ1n) is 4.16. The Bertz CT molecular complexity index is 448. The Balaban J connectivity index is 2.49. The minimum atomic E-state index is 0.378. The molecule has 2 N–H and O–H groups in total. The Morgan fingerprint density at radius 1 is 1.29 bits per heavy atom. The topological polar surface area (TPSA) is 52.0 Å². The number of rotatable bonds is 1. The summed E-state index contributed by atoms with van der Waals surface area (Å²) in [5.41, 5.74) is 8.26. The molecule has 0 fully saturated rings. The lowest BCUT2D eigenvalue weighted by molar-refractivity contribution is 0.439. The van der Waals surface area contributed by atoms with Crippen molar-refractivity contribution in [2.24, 2.45) is 0 Å². The van der Waals surface area contributed by atoms with Gasteiger partial charge in [-0.2, -0.15) is 0 Å². The van der Waals surface area contributed by atoms with Crippen molar-refractivity contribution < 1.29 is 4.52 Å². The maximum atomic E-state index is 5.57. The number of halogens is 1. The van der Waals surface area contributed by atoms with E-state index in [2.05, 4.69) is 21.1 Å². The summed E-state index contributed by atoms with van der Waals surface area (Å²) in [7, 11) is 0. The zero-order chi connectivity index (χ0) is 10.1. The summed E-state index contributed by atoms with van der Waals surface area (Å²) < 4.78 is 5.93. The van der Waals surface area contributed by atoms with E-state index < -0.39 is 0 Å². The quantitative estimate of drug-likeness (QED) is 0.849. The van der Waals surface area contributed by atoms with Gasteiger partial charge in [0.05, 0.1) is 0 Å². The highest BCUT2D eigenvalue weighted by atomic mass is 79.9. The highest BCUT2D eigenvalue weighted by Crippen LogP contribution is 2.26. The summed E-state index contributed by atoms with van der Waals surface area (Å²) in [4.78, 5) is 0. The molecule has 72 valence electrons. The van der Waals surface area contributed by atoms with Crippen LogP contribution in [0.2, 0.25) is 0 Å². The molecule has 0 amide bonds. The molecular weight excluding hydrogens is 244 g/mol. The normalized spacial score (nSPS) is 10.4. The first-order valence-corrected chi connectivity index (χ1v) is 4.95. The monoisotopic (exact) mass is 252 g/mol. The van der Waals surface area contributed by atoms with E-state index in [4.69, 9.17) is 10.3 Å². The van der Waals surface area contributed by atoms with Crippen LogP contribution in [0.15, 0.2) is 33.3 Å². The average molecular weight is 253 g/mol. The van der Waals surface area contributed by atoms with Gasteiger partial charge < -0.3 is 10.3 Å². The molecule has 0 saturated heterocycles. The Morgan fingerprint density at radius 2 is 1.93 bits per heavy atom. The Hall–Kier alpha value is -1.29. The van der Waals surface area contributed by atoms with Gasteiger partial charge in [-0.25, -0.2) is 0 Å². The molecule has 14 heavy (non-hydrogen) atoms. The summed E-state index contributed by atoms with van der Waals surface area (Å²) in [6, 6.07) is 7.85. The van der Waals surface area contributed by atoms with Crippen LogP contribution in [0, 0.1) is 6.92 Å². The van der Waals surface area contributed by atoms with Gasteiger partial charge in [-0.1, -0.05) is 33.2 Å². The van der Waals surface area contributed by atoms with Gasteiger partial charge in [0.15, 0.2) is 0 Å². The van der Waals surface area contributed by atoms with E-state index in [1.165, 1.54) is 0 Å². The van der Waals surface area contributed by atoms with Gasteiger partial charge in [-0.3, -0.25) is 0 Å². The molecule has 0 aliphatic rings. The van der Waals surface area contributed by atoms with Crippen molar-refractivity contribution in [2.45, 2.75) is 6.92 Å². The molecule has 2 rings (SSSR count). The SMILES string of the molecule is Cc1c(-c2ccc(Br)cc2)noc1N. The first kappa shape index (κ1) is 9.27. The minimum absolute atomic E-state index is 0.378. The second-order valence-electron chi connectivity index (χ2n) is 3.03. The van der Waals surface area contributed by atoms with E-state index in [0.717, 1.165) is 21.3 Å². The summed E-state index contributed by atoms with van der Waals surface area (Å²) in [6.07, 6.45) is 0. The Morgan fingerprint density at radius 3 is 2.43 bits per heavy atom. The third-order valence-electron chi connectivity index (χ3n) is 2.08. The predicted octanol–water partition coefficient (Wildman–Crippen LogP) is 2.99. The van der Waals surface area contributed by atoms with Crippen molar-refractivity contribution in [2.75, 3.05) is 5.73 Å². The van der Waals surface area contributed by atoms with Crippen LogP contribution in [0.4, 0.5) is 5.88 Å². The van der Waals surface area contributed by atoms with E-state index in [0.29, 0.717) is 5.88 Å². The molecule has 0 spiro atoms. The highest BCUT2D eigenvalue weighted by molar-refractivity contribution is 9.10. The summed E-state index contributed by atoms with van der Waals surface area (Å²) in [5, 5.41) is 3.90. The van der Waals surface area contributed by atoms with Crippen LogP contribution in [-0.4, -0.2) is 5.16 Å². The molecule has 1 aromatic carbocycles. The van der Waals surface area contributed by atoms with Crippen LogP contribution in [-0.2, 0) is 0 Å². The second kappa shape index (κ2) is 3.46. The standard InChI is InChI=1S/C10H9BrN2O/c1-6-9(13-14-10(6)12)7-2-4-8(11)5-3-7/h2-5H,12H2,1H3. The zero-order valence-corrected chi connectivity index (χ0v) is 9.21. The lowest BCUT2D eigenvalue weighted by atomic mass is 10.1. The molecule has 1 heterocycles. The number of nitrogens with two attached hydrogens (primary N) is 1. The van der Waals surface area contributed by atoms with Crippen LogP contribution >= 0.6 is 15.9 Å². The van der Waals surface area contributed by atoms with Gasteiger partial charge in [0.25, 0.3) is 0 Å². The third kappa shape index (κ3) is 1.53. The van der Waals surface area contributed by atoms with Gasteiger partial charge in [0.2, 0.25) is 5.88 Å². The van der Waals surface area contributed by atoms with E-state index >= 15 is 0 Å². The third-order valence-corrected chi connectivity index (χ3v) is 2.61. The largest absolute Gasteiger partial charge is 0.367 e. The average Bonchev–Trinajstić information content (AvgIpc) is 2.50. The molecule has 0 atom stereocenters. The maximum Gasteiger partial charge on any atom is 0.225 e. The molecule has 0 bridgehead atoms. The van der Waals surface area contributed by atoms with Crippen LogP contribution in [0.25, 0.3) is 11.3 Å². The molecule has 2 aromatic rings. The van der Waals surface area contributed by atoms with Gasteiger partial charge in [0, 0.05) is 15.6 Å². The fourth-order valence-corrected chi connectivity index (χ4v) is 1.49. The number of aromatic nitrogens is 1. The number of anilines is 1. The molecule has 1 aromatic heterocycles. The van der Waals surface area contributed by atoms with Gasteiger partial charge >= 0.3 is 0 Å². The Kier molecular flexibility index (Phi) is 2.29. The summed E-state index contributed by atoms with van der Waals surface area (Å²) in [6.45, 7) is 1.89. The van der Waals surface area contributed by atoms with E-state index in [1.807, 2.05) is 31.2 Å². The molecule has 3 nitrogen and oxygen atoms in total. The van der Waals surface area contributed by atoms with Crippen molar-refractivity contribution in [3.63, 3.8) is 0 Å². The molecule has 0 radical (unpaired) electrons. The first-order chi connectivity index (χ1) is 6.68. The summed E-state index contributed by atoms with van der Waals surface area (Å²) >= 11 is 3.37. The van der Waals surface area contributed by atoms with Crippen molar-refractivity contribution in [1.82, 2.24) is 5.16 Å². The molecule has 0 aliphatic carbocycles. The lowest BCUT2D eigenvalue weighted by Gasteiger charge is -1.96. The summed E-state index contributed by atoms with van der Waals surface area (Å²) in [5.74, 6) is 0.378. The number of nitrogen functional groups attached to an aromatic ring is 1.